The topological polar surface area (TPSA) is 96.2 Å². The van der Waals surface area contributed by atoms with Crippen LogP contribution in [0.5, 0.6) is 5.75 Å². The predicted octanol–water partition coefficient (Wildman–Crippen LogP) is 2.81. The van der Waals surface area contributed by atoms with E-state index in [2.05, 4.69) is 4.98 Å². The first-order valence-corrected chi connectivity index (χ1v) is 6.17. The number of aromatic amines is 1. The van der Waals surface area contributed by atoms with Gasteiger partial charge in [-0.25, -0.2) is 0 Å². The highest BCUT2D eigenvalue weighted by Crippen LogP contribution is 2.33. The van der Waals surface area contributed by atoms with Crippen molar-refractivity contribution in [2.45, 2.75) is 0 Å². The van der Waals surface area contributed by atoms with Gasteiger partial charge in [-0.15, -0.1) is 0 Å². The van der Waals surface area contributed by atoms with Gasteiger partial charge >= 0.3 is 0 Å². The molecule has 0 spiro atoms. The Bertz CT molecular complexity index is 901. The second kappa shape index (κ2) is 4.75. The smallest absolute Gasteiger partial charge is 0.270 e. The molecule has 3 aromatic rings. The van der Waals surface area contributed by atoms with Crippen molar-refractivity contribution in [2.75, 3.05) is 0 Å². The quantitative estimate of drug-likeness (QED) is 0.558. The van der Waals surface area contributed by atoms with E-state index in [0.717, 1.165) is 6.07 Å². The molecule has 0 aliphatic rings. The highest BCUT2D eigenvalue weighted by atomic mass is 16.6. The SMILES string of the molecule is O=c1[nH]c(-c2ccccc2)c(O)c2ccc([N+](=O)[O-])cc12. The first-order valence-electron chi connectivity index (χ1n) is 6.17. The molecule has 0 aliphatic carbocycles. The zero-order valence-corrected chi connectivity index (χ0v) is 10.7. The van der Waals surface area contributed by atoms with E-state index < -0.39 is 10.5 Å². The number of rotatable bonds is 2. The highest BCUT2D eigenvalue weighted by Gasteiger charge is 2.15. The zero-order chi connectivity index (χ0) is 15.0. The van der Waals surface area contributed by atoms with Crippen molar-refractivity contribution < 1.29 is 10.0 Å². The van der Waals surface area contributed by atoms with Gasteiger partial charge in [0.1, 0.15) is 5.75 Å². The molecule has 0 radical (unpaired) electrons. The molecule has 6 nitrogen and oxygen atoms in total. The van der Waals surface area contributed by atoms with Crippen LogP contribution in [0, 0.1) is 10.1 Å². The van der Waals surface area contributed by atoms with Crippen LogP contribution in [0.1, 0.15) is 0 Å². The highest BCUT2D eigenvalue weighted by molar-refractivity contribution is 5.93. The normalized spacial score (nSPS) is 10.7. The Hall–Kier alpha value is -3.15. The van der Waals surface area contributed by atoms with Crippen LogP contribution in [0.4, 0.5) is 5.69 Å². The number of aromatic hydroxyl groups is 1. The molecular formula is C15H10N2O4. The van der Waals surface area contributed by atoms with Crippen molar-refractivity contribution >= 4 is 16.5 Å². The first-order chi connectivity index (χ1) is 10.1. The number of nitrogens with one attached hydrogen (secondary N) is 1. The number of benzene rings is 2. The molecule has 0 saturated carbocycles. The van der Waals surface area contributed by atoms with E-state index in [4.69, 9.17) is 0 Å². The maximum Gasteiger partial charge on any atom is 0.270 e. The van der Waals surface area contributed by atoms with E-state index in [9.17, 15) is 20.0 Å². The van der Waals surface area contributed by atoms with Gasteiger partial charge in [0.15, 0.2) is 0 Å². The number of hydrogen-bond acceptors (Lipinski definition) is 4. The number of H-pyrrole nitrogens is 1. The summed E-state index contributed by atoms with van der Waals surface area (Å²) in [6.45, 7) is 0. The Balaban J connectivity index is 2.33. The van der Waals surface area contributed by atoms with Gasteiger partial charge < -0.3 is 10.1 Å². The van der Waals surface area contributed by atoms with Crippen molar-refractivity contribution in [1.29, 1.82) is 0 Å². The summed E-state index contributed by atoms with van der Waals surface area (Å²) in [5.74, 6) is -0.106. The molecule has 0 amide bonds. The molecule has 2 aromatic carbocycles. The zero-order valence-electron chi connectivity index (χ0n) is 10.7. The minimum Gasteiger partial charge on any atom is -0.505 e. The van der Waals surface area contributed by atoms with E-state index >= 15 is 0 Å². The van der Waals surface area contributed by atoms with Crippen LogP contribution in [0.3, 0.4) is 0 Å². The third-order valence-corrected chi connectivity index (χ3v) is 3.25. The minimum absolute atomic E-state index is 0.0846. The van der Waals surface area contributed by atoms with Gasteiger partial charge in [0.05, 0.1) is 16.0 Å². The van der Waals surface area contributed by atoms with Crippen LogP contribution in [0.25, 0.3) is 22.0 Å². The first kappa shape index (κ1) is 12.9. The lowest BCUT2D eigenvalue weighted by atomic mass is 10.1. The number of aromatic nitrogens is 1. The predicted molar refractivity (Wildman–Crippen MR) is 78.3 cm³/mol. The molecule has 0 atom stereocenters. The van der Waals surface area contributed by atoms with Crippen LogP contribution >= 0.6 is 0 Å². The van der Waals surface area contributed by atoms with Crippen molar-refractivity contribution in [3.8, 4) is 17.0 Å². The molecule has 0 fully saturated rings. The average Bonchev–Trinajstić information content (AvgIpc) is 2.51. The van der Waals surface area contributed by atoms with Crippen molar-refractivity contribution in [1.82, 2.24) is 4.98 Å². The number of nitrogens with zero attached hydrogens (tertiary/aromatic N) is 1. The number of non-ortho nitro benzene ring substituents is 1. The van der Waals surface area contributed by atoms with Crippen molar-refractivity contribution in [3.63, 3.8) is 0 Å². The van der Waals surface area contributed by atoms with Crippen LogP contribution in [0.2, 0.25) is 0 Å². The van der Waals surface area contributed by atoms with E-state index in [1.807, 2.05) is 6.07 Å². The van der Waals surface area contributed by atoms with Crippen LogP contribution < -0.4 is 5.56 Å². The van der Waals surface area contributed by atoms with E-state index in [1.54, 1.807) is 24.3 Å². The summed E-state index contributed by atoms with van der Waals surface area (Å²) in [7, 11) is 0. The Morgan fingerprint density at radius 3 is 2.43 bits per heavy atom. The van der Waals surface area contributed by atoms with Gasteiger partial charge in [-0.2, -0.15) is 0 Å². The van der Waals surface area contributed by atoms with Crippen LogP contribution in [-0.4, -0.2) is 15.0 Å². The summed E-state index contributed by atoms with van der Waals surface area (Å²) in [4.78, 5) is 24.9. The molecule has 1 aromatic heterocycles. The summed E-state index contributed by atoms with van der Waals surface area (Å²) in [6, 6.07) is 12.7. The van der Waals surface area contributed by atoms with Gasteiger partial charge in [-0.1, -0.05) is 30.3 Å². The third-order valence-electron chi connectivity index (χ3n) is 3.25. The maximum atomic E-state index is 12.1. The van der Waals surface area contributed by atoms with Crippen LogP contribution in [0.15, 0.2) is 53.3 Å². The molecule has 0 bridgehead atoms. The largest absolute Gasteiger partial charge is 0.505 e. The number of nitro benzene ring substituents is 1. The molecule has 3 rings (SSSR count). The van der Waals surface area contributed by atoms with E-state index in [0.29, 0.717) is 11.3 Å². The Morgan fingerprint density at radius 2 is 1.76 bits per heavy atom. The summed E-state index contributed by atoms with van der Waals surface area (Å²) in [6.07, 6.45) is 0. The Labute approximate surface area is 118 Å². The molecular weight excluding hydrogens is 272 g/mol. The molecule has 0 saturated heterocycles. The second-order valence-electron chi connectivity index (χ2n) is 4.53. The number of pyridine rings is 1. The lowest BCUT2D eigenvalue weighted by Gasteiger charge is -2.07. The number of fused-ring (bicyclic) bond motifs is 1. The summed E-state index contributed by atoms with van der Waals surface area (Å²) >= 11 is 0. The van der Waals surface area contributed by atoms with Crippen molar-refractivity contribution in [3.05, 3.63) is 69.0 Å². The van der Waals surface area contributed by atoms with E-state index in [1.165, 1.54) is 12.1 Å². The molecule has 6 heteroatoms. The van der Waals surface area contributed by atoms with Gasteiger partial charge in [-0.05, 0) is 6.07 Å². The van der Waals surface area contributed by atoms with Crippen LogP contribution in [-0.2, 0) is 0 Å². The lowest BCUT2D eigenvalue weighted by molar-refractivity contribution is -0.384. The number of nitro groups is 1. The minimum atomic E-state index is -0.582. The fraction of sp³-hybridized carbons (Fsp3) is 0. The third kappa shape index (κ3) is 2.12. The van der Waals surface area contributed by atoms with Gasteiger partial charge in [0, 0.05) is 23.1 Å². The van der Waals surface area contributed by atoms with E-state index in [-0.39, 0.29) is 22.2 Å². The Kier molecular flexibility index (Phi) is 2.91. The summed E-state index contributed by atoms with van der Waals surface area (Å²) in [5.41, 5.74) is 0.277. The summed E-state index contributed by atoms with van der Waals surface area (Å²) in [5, 5.41) is 21.4. The number of hydrogen-bond donors (Lipinski definition) is 2. The van der Waals surface area contributed by atoms with Gasteiger partial charge in [0.25, 0.3) is 11.2 Å². The second-order valence-corrected chi connectivity index (χ2v) is 4.53. The molecule has 104 valence electrons. The van der Waals surface area contributed by atoms with Crippen molar-refractivity contribution in [2.24, 2.45) is 0 Å². The molecule has 2 N–H and O–H groups in total. The fourth-order valence-electron chi connectivity index (χ4n) is 2.23. The average molecular weight is 282 g/mol. The molecule has 21 heavy (non-hydrogen) atoms. The summed E-state index contributed by atoms with van der Waals surface area (Å²) < 4.78 is 0. The van der Waals surface area contributed by atoms with Gasteiger partial charge in [-0.3, -0.25) is 14.9 Å². The lowest BCUT2D eigenvalue weighted by Crippen LogP contribution is -2.08. The van der Waals surface area contributed by atoms with Gasteiger partial charge in [0.2, 0.25) is 0 Å². The Morgan fingerprint density at radius 1 is 1.05 bits per heavy atom. The standard InChI is InChI=1S/C15H10N2O4/c18-14-11-7-6-10(17(20)21)8-12(11)15(19)16-13(14)9-4-2-1-3-5-9/h1-8,18H,(H,16,19). The molecule has 0 aliphatic heterocycles. The monoisotopic (exact) mass is 282 g/mol. The maximum absolute atomic E-state index is 12.1. The molecule has 0 unspecified atom stereocenters. The fourth-order valence-corrected chi connectivity index (χ4v) is 2.23. The molecule has 1 heterocycles.